The summed E-state index contributed by atoms with van der Waals surface area (Å²) < 4.78 is 1.17. The van der Waals surface area contributed by atoms with Crippen LogP contribution in [0.2, 0.25) is 0 Å². The molecule has 0 saturated heterocycles. The summed E-state index contributed by atoms with van der Waals surface area (Å²) in [6.07, 6.45) is 6.55. The smallest absolute Gasteiger partial charge is 0.0322 e. The lowest BCUT2D eigenvalue weighted by Gasteiger charge is -2.24. The molecule has 1 N–H and O–H groups in total. The first-order valence-electron chi connectivity index (χ1n) is 7.55. The molecule has 0 radical (unpaired) electrons. The molecule has 0 fully saturated rings. The van der Waals surface area contributed by atoms with E-state index in [0.717, 1.165) is 5.92 Å². The summed E-state index contributed by atoms with van der Waals surface area (Å²) in [7, 11) is 2.08. The van der Waals surface area contributed by atoms with E-state index in [1.54, 1.807) is 0 Å². The number of hydrogen-bond acceptors (Lipinski definition) is 1. The fourth-order valence-corrected chi connectivity index (χ4v) is 3.22. The minimum atomic E-state index is 0.481. The van der Waals surface area contributed by atoms with Crippen LogP contribution in [0.3, 0.4) is 0 Å². The van der Waals surface area contributed by atoms with Crippen LogP contribution in [0.1, 0.15) is 63.1 Å². The molecule has 1 aromatic rings. The van der Waals surface area contributed by atoms with E-state index in [1.807, 2.05) is 0 Å². The van der Waals surface area contributed by atoms with Gasteiger partial charge in [-0.2, -0.15) is 0 Å². The maximum absolute atomic E-state index is 3.55. The van der Waals surface area contributed by atoms with Crippen molar-refractivity contribution < 1.29 is 0 Å². The molecule has 1 nitrogen and oxygen atoms in total. The molecule has 1 rings (SSSR count). The Balaban J connectivity index is 2.76. The number of aryl methyl sites for hydroxylation is 1. The molecule has 0 aliphatic heterocycles. The Morgan fingerprint density at radius 2 is 2.00 bits per heavy atom. The minimum absolute atomic E-state index is 0.481. The number of halogens is 1. The molecular weight excluding hydrogens is 298 g/mol. The molecule has 108 valence electrons. The molecular formula is C17H28BrN. The standard InChI is InChI=1S/C17H28BrN/c1-5-7-8-14(6-2)12-17(19-4)16-10-9-15(18)11-13(16)3/h9-11,14,17,19H,5-8,12H2,1-4H3. The second kappa shape index (κ2) is 8.76. The molecule has 0 spiro atoms. The zero-order valence-corrected chi connectivity index (χ0v) is 14.4. The lowest BCUT2D eigenvalue weighted by molar-refractivity contribution is 0.364. The highest BCUT2D eigenvalue weighted by atomic mass is 79.9. The Hall–Kier alpha value is -0.340. The van der Waals surface area contributed by atoms with Gasteiger partial charge in [0, 0.05) is 10.5 Å². The minimum Gasteiger partial charge on any atom is -0.313 e. The van der Waals surface area contributed by atoms with Gasteiger partial charge in [0.15, 0.2) is 0 Å². The highest BCUT2D eigenvalue weighted by Gasteiger charge is 2.17. The number of hydrogen-bond donors (Lipinski definition) is 1. The third-order valence-electron chi connectivity index (χ3n) is 4.07. The Bertz CT molecular complexity index is 376. The van der Waals surface area contributed by atoms with Crippen LogP contribution in [0.5, 0.6) is 0 Å². The van der Waals surface area contributed by atoms with Gasteiger partial charge in [-0.25, -0.2) is 0 Å². The molecule has 1 aromatic carbocycles. The molecule has 0 aliphatic carbocycles. The fourth-order valence-electron chi connectivity index (χ4n) is 2.75. The van der Waals surface area contributed by atoms with Gasteiger partial charge in [0.2, 0.25) is 0 Å². The summed E-state index contributed by atoms with van der Waals surface area (Å²) in [5, 5.41) is 3.50. The van der Waals surface area contributed by atoms with Crippen LogP contribution in [0, 0.1) is 12.8 Å². The first-order valence-corrected chi connectivity index (χ1v) is 8.34. The van der Waals surface area contributed by atoms with E-state index in [0.29, 0.717) is 6.04 Å². The maximum atomic E-state index is 3.55. The summed E-state index contributed by atoms with van der Waals surface area (Å²) in [6.45, 7) is 6.81. The molecule has 0 amide bonds. The normalized spacial score (nSPS) is 14.4. The second-order valence-electron chi connectivity index (χ2n) is 5.49. The highest BCUT2D eigenvalue weighted by Crippen LogP contribution is 2.29. The summed E-state index contributed by atoms with van der Waals surface area (Å²) in [6, 6.07) is 7.11. The molecule has 2 heteroatoms. The van der Waals surface area contributed by atoms with Gasteiger partial charge < -0.3 is 5.32 Å². The largest absolute Gasteiger partial charge is 0.313 e. The molecule has 19 heavy (non-hydrogen) atoms. The van der Waals surface area contributed by atoms with Gasteiger partial charge in [-0.1, -0.05) is 61.5 Å². The summed E-state index contributed by atoms with van der Waals surface area (Å²) in [5.74, 6) is 0.834. The summed E-state index contributed by atoms with van der Waals surface area (Å²) in [4.78, 5) is 0. The Labute approximate surface area is 127 Å². The van der Waals surface area contributed by atoms with Crippen molar-refractivity contribution in [3.05, 3.63) is 33.8 Å². The molecule has 0 aliphatic rings. The predicted molar refractivity (Wildman–Crippen MR) is 88.6 cm³/mol. The van der Waals surface area contributed by atoms with Crippen LogP contribution in [-0.2, 0) is 0 Å². The summed E-state index contributed by atoms with van der Waals surface area (Å²) >= 11 is 3.55. The van der Waals surface area contributed by atoms with E-state index in [2.05, 4.69) is 67.3 Å². The Morgan fingerprint density at radius 1 is 1.26 bits per heavy atom. The van der Waals surface area contributed by atoms with Crippen molar-refractivity contribution in [2.75, 3.05) is 7.05 Å². The highest BCUT2D eigenvalue weighted by molar-refractivity contribution is 9.10. The van der Waals surface area contributed by atoms with Gasteiger partial charge >= 0.3 is 0 Å². The second-order valence-corrected chi connectivity index (χ2v) is 6.41. The SMILES string of the molecule is CCCCC(CC)CC(NC)c1ccc(Br)cc1C. The third kappa shape index (κ3) is 5.27. The first kappa shape index (κ1) is 16.7. The van der Waals surface area contributed by atoms with Gasteiger partial charge in [0.25, 0.3) is 0 Å². The van der Waals surface area contributed by atoms with Crippen molar-refractivity contribution in [1.82, 2.24) is 5.32 Å². The van der Waals surface area contributed by atoms with Crippen molar-refractivity contribution in [2.24, 2.45) is 5.92 Å². The van der Waals surface area contributed by atoms with Gasteiger partial charge in [0.05, 0.1) is 0 Å². The van der Waals surface area contributed by atoms with Crippen LogP contribution in [0.15, 0.2) is 22.7 Å². The first-order chi connectivity index (χ1) is 9.12. The van der Waals surface area contributed by atoms with Gasteiger partial charge in [-0.05, 0) is 49.6 Å². The average molecular weight is 326 g/mol. The van der Waals surface area contributed by atoms with Gasteiger partial charge in [-0.15, -0.1) is 0 Å². The van der Waals surface area contributed by atoms with Crippen LogP contribution in [-0.4, -0.2) is 7.05 Å². The van der Waals surface area contributed by atoms with Crippen molar-refractivity contribution >= 4 is 15.9 Å². The van der Waals surface area contributed by atoms with Gasteiger partial charge in [0.1, 0.15) is 0 Å². The molecule has 0 bridgehead atoms. The molecule has 0 saturated carbocycles. The van der Waals surface area contributed by atoms with Crippen LogP contribution in [0.4, 0.5) is 0 Å². The van der Waals surface area contributed by atoms with E-state index in [-0.39, 0.29) is 0 Å². The Morgan fingerprint density at radius 3 is 2.53 bits per heavy atom. The zero-order valence-electron chi connectivity index (χ0n) is 12.8. The Kier molecular flexibility index (Phi) is 7.70. The van der Waals surface area contributed by atoms with Crippen LogP contribution in [0.25, 0.3) is 0 Å². The van der Waals surface area contributed by atoms with E-state index in [1.165, 1.54) is 47.7 Å². The number of nitrogens with one attached hydrogen (secondary N) is 1. The number of unbranched alkanes of at least 4 members (excludes halogenated alkanes) is 1. The lowest BCUT2D eigenvalue weighted by Crippen LogP contribution is -2.20. The molecule has 2 atom stereocenters. The molecule has 0 aromatic heterocycles. The van der Waals surface area contributed by atoms with Crippen molar-refractivity contribution in [1.29, 1.82) is 0 Å². The predicted octanol–water partition coefficient (Wildman–Crippen LogP) is 5.62. The fraction of sp³-hybridized carbons (Fsp3) is 0.647. The monoisotopic (exact) mass is 325 g/mol. The quantitative estimate of drug-likeness (QED) is 0.653. The van der Waals surface area contributed by atoms with Crippen molar-refractivity contribution in [2.45, 2.75) is 58.9 Å². The van der Waals surface area contributed by atoms with E-state index < -0.39 is 0 Å². The van der Waals surface area contributed by atoms with E-state index in [9.17, 15) is 0 Å². The van der Waals surface area contributed by atoms with E-state index >= 15 is 0 Å². The maximum Gasteiger partial charge on any atom is 0.0322 e. The third-order valence-corrected chi connectivity index (χ3v) is 4.56. The van der Waals surface area contributed by atoms with E-state index in [4.69, 9.17) is 0 Å². The lowest BCUT2D eigenvalue weighted by atomic mass is 9.88. The van der Waals surface area contributed by atoms with Crippen LogP contribution >= 0.6 is 15.9 Å². The van der Waals surface area contributed by atoms with Crippen LogP contribution < -0.4 is 5.32 Å². The topological polar surface area (TPSA) is 12.0 Å². The van der Waals surface area contributed by atoms with Crippen molar-refractivity contribution in [3.63, 3.8) is 0 Å². The molecule has 2 unspecified atom stereocenters. The average Bonchev–Trinajstić information content (AvgIpc) is 2.40. The van der Waals surface area contributed by atoms with Crippen molar-refractivity contribution in [3.8, 4) is 0 Å². The molecule has 0 heterocycles. The zero-order chi connectivity index (χ0) is 14.3. The number of rotatable bonds is 8. The summed E-state index contributed by atoms with van der Waals surface area (Å²) in [5.41, 5.74) is 2.82. The number of benzene rings is 1. The van der Waals surface area contributed by atoms with Gasteiger partial charge in [-0.3, -0.25) is 0 Å².